The summed E-state index contributed by atoms with van der Waals surface area (Å²) in [5.41, 5.74) is 0.572. The Bertz CT molecular complexity index is 1450. The lowest BCUT2D eigenvalue weighted by Gasteiger charge is -2.18. The Labute approximate surface area is 189 Å². The molecular weight excluding hydrogens is 428 g/mol. The van der Waals surface area contributed by atoms with Gasteiger partial charge in [0.05, 0.1) is 11.4 Å². The highest BCUT2D eigenvalue weighted by Crippen LogP contribution is 2.24. The number of nitrogens with one attached hydrogen (secondary N) is 1. The number of hydrogen-bond acceptors (Lipinski definition) is 4. The second-order valence-corrected chi connectivity index (χ2v) is 7.99. The third-order valence-electron chi connectivity index (χ3n) is 5.37. The van der Waals surface area contributed by atoms with Crippen molar-refractivity contribution < 1.29 is 0 Å². The fraction of sp³-hybridized carbons (Fsp3) is 0.208. The summed E-state index contributed by atoms with van der Waals surface area (Å²) >= 11 is 5.98. The third-order valence-corrected chi connectivity index (χ3v) is 5.63. The molecule has 0 saturated heterocycles. The van der Waals surface area contributed by atoms with E-state index in [9.17, 15) is 14.4 Å². The number of nitrogens with zero attached hydrogens (tertiary/aromatic N) is 3. The van der Waals surface area contributed by atoms with Gasteiger partial charge < -0.3 is 5.32 Å². The highest BCUT2D eigenvalue weighted by atomic mass is 35.5. The summed E-state index contributed by atoms with van der Waals surface area (Å²) in [7, 11) is 1.56. The van der Waals surface area contributed by atoms with Gasteiger partial charge in [0, 0.05) is 30.4 Å². The Morgan fingerprint density at radius 2 is 1.66 bits per heavy atom. The lowest BCUT2D eigenvalue weighted by molar-refractivity contribution is 0.575. The molecule has 0 amide bonds. The highest BCUT2D eigenvalue weighted by molar-refractivity contribution is 6.30. The van der Waals surface area contributed by atoms with Crippen molar-refractivity contribution in [3.8, 4) is 5.69 Å². The molecule has 0 aliphatic carbocycles. The number of benzene rings is 2. The number of hydrogen-bond donors (Lipinski definition) is 1. The molecule has 0 unspecified atom stereocenters. The first-order valence-electron chi connectivity index (χ1n) is 10.4. The van der Waals surface area contributed by atoms with Crippen LogP contribution in [0.5, 0.6) is 0 Å². The monoisotopic (exact) mass is 450 g/mol. The molecule has 0 aliphatic heterocycles. The molecule has 0 atom stereocenters. The molecule has 164 valence electrons. The number of anilines is 2. The van der Waals surface area contributed by atoms with E-state index in [0.717, 1.165) is 6.42 Å². The Hall–Kier alpha value is -3.58. The molecule has 2 aromatic heterocycles. The van der Waals surface area contributed by atoms with Crippen molar-refractivity contribution in [2.75, 3.05) is 5.32 Å². The van der Waals surface area contributed by atoms with Gasteiger partial charge in [-0.05, 0) is 42.8 Å². The molecule has 32 heavy (non-hydrogen) atoms. The van der Waals surface area contributed by atoms with Crippen molar-refractivity contribution in [3.63, 3.8) is 0 Å². The third kappa shape index (κ3) is 3.87. The topological polar surface area (TPSA) is 78.0 Å². The van der Waals surface area contributed by atoms with Gasteiger partial charge in [-0.15, -0.1) is 0 Å². The molecule has 0 fully saturated rings. The normalized spacial score (nSPS) is 11.1. The fourth-order valence-corrected chi connectivity index (χ4v) is 3.83. The Kier molecular flexibility index (Phi) is 6.01. The van der Waals surface area contributed by atoms with Gasteiger partial charge in [0.25, 0.3) is 11.1 Å². The van der Waals surface area contributed by atoms with E-state index in [-0.39, 0.29) is 16.6 Å². The van der Waals surface area contributed by atoms with Gasteiger partial charge >= 0.3 is 5.69 Å². The number of aromatic nitrogens is 3. The van der Waals surface area contributed by atoms with Gasteiger partial charge in [-0.1, -0.05) is 43.1 Å². The number of pyridine rings is 1. The lowest BCUT2D eigenvalue weighted by Crippen LogP contribution is -2.41. The van der Waals surface area contributed by atoms with Crippen LogP contribution in [-0.2, 0) is 13.6 Å². The van der Waals surface area contributed by atoms with Crippen LogP contribution in [0.25, 0.3) is 16.7 Å². The molecule has 0 aliphatic rings. The summed E-state index contributed by atoms with van der Waals surface area (Å²) in [4.78, 5) is 39.8. The maximum atomic E-state index is 13.5. The number of rotatable bonds is 6. The highest BCUT2D eigenvalue weighted by Gasteiger charge is 2.20. The molecule has 8 heteroatoms. The van der Waals surface area contributed by atoms with Crippen LogP contribution in [0.2, 0.25) is 5.02 Å². The van der Waals surface area contributed by atoms with E-state index in [1.807, 2.05) is 25.1 Å². The Morgan fingerprint density at radius 1 is 0.969 bits per heavy atom. The van der Waals surface area contributed by atoms with Gasteiger partial charge in [-0.2, -0.15) is 0 Å². The quantitative estimate of drug-likeness (QED) is 0.480. The minimum atomic E-state index is -0.471. The van der Waals surface area contributed by atoms with Crippen LogP contribution in [0.15, 0.2) is 75.0 Å². The van der Waals surface area contributed by atoms with Crippen LogP contribution < -0.4 is 22.1 Å². The van der Waals surface area contributed by atoms with Crippen LogP contribution in [-0.4, -0.2) is 13.7 Å². The first kappa shape index (κ1) is 21.6. The SMILES string of the molecule is CCCCn1c(=O)c2c(Nc3ccc(Cl)cc3)cc(=O)n(C)c2n(-c2ccccc2)c1=O. The van der Waals surface area contributed by atoms with E-state index >= 15 is 0 Å². The maximum absolute atomic E-state index is 13.5. The Balaban J connectivity index is 2.11. The molecule has 4 aromatic rings. The maximum Gasteiger partial charge on any atom is 0.337 e. The second-order valence-electron chi connectivity index (χ2n) is 7.55. The van der Waals surface area contributed by atoms with E-state index in [1.165, 1.54) is 19.8 Å². The average molecular weight is 451 g/mol. The lowest BCUT2D eigenvalue weighted by atomic mass is 10.2. The zero-order chi connectivity index (χ0) is 22.8. The van der Waals surface area contributed by atoms with Gasteiger partial charge in [0.2, 0.25) is 0 Å². The summed E-state index contributed by atoms with van der Waals surface area (Å²) in [6.07, 6.45) is 1.51. The largest absolute Gasteiger partial charge is 0.355 e. The molecule has 1 N–H and O–H groups in total. The van der Waals surface area contributed by atoms with E-state index in [0.29, 0.717) is 35.1 Å². The second kappa shape index (κ2) is 8.88. The van der Waals surface area contributed by atoms with Crippen LogP contribution in [0, 0.1) is 0 Å². The first-order chi connectivity index (χ1) is 15.4. The van der Waals surface area contributed by atoms with Crippen LogP contribution in [0.3, 0.4) is 0 Å². The minimum Gasteiger partial charge on any atom is -0.355 e. The van der Waals surface area contributed by atoms with Crippen LogP contribution in [0.1, 0.15) is 19.8 Å². The van der Waals surface area contributed by atoms with Gasteiger partial charge in [-0.25, -0.2) is 9.36 Å². The molecule has 2 heterocycles. The van der Waals surface area contributed by atoms with Crippen molar-refractivity contribution in [2.45, 2.75) is 26.3 Å². The summed E-state index contributed by atoms with van der Waals surface area (Å²) in [6, 6.07) is 17.3. The standard InChI is InChI=1S/C24H23ClN4O3/c1-3-4-14-28-23(31)21-19(26-17-12-10-16(25)11-13-17)15-20(30)27(2)22(21)29(24(28)32)18-8-6-5-7-9-18/h5-13,15,26H,3-4,14H2,1-2H3. The molecule has 0 bridgehead atoms. The molecule has 2 aromatic carbocycles. The summed E-state index contributed by atoms with van der Waals surface area (Å²) in [6.45, 7) is 2.29. The fourth-order valence-electron chi connectivity index (χ4n) is 3.70. The smallest absolute Gasteiger partial charge is 0.337 e. The van der Waals surface area contributed by atoms with E-state index < -0.39 is 11.2 Å². The van der Waals surface area contributed by atoms with Crippen molar-refractivity contribution in [1.82, 2.24) is 13.7 Å². The molecule has 0 saturated carbocycles. The molecule has 0 radical (unpaired) electrons. The molecule has 7 nitrogen and oxygen atoms in total. The average Bonchev–Trinajstić information content (AvgIpc) is 2.79. The number of halogens is 1. The van der Waals surface area contributed by atoms with Crippen LogP contribution in [0.4, 0.5) is 11.4 Å². The molecule has 4 rings (SSSR count). The zero-order valence-corrected chi connectivity index (χ0v) is 18.6. The minimum absolute atomic E-state index is 0.239. The number of fused-ring (bicyclic) bond motifs is 1. The zero-order valence-electron chi connectivity index (χ0n) is 17.8. The van der Waals surface area contributed by atoms with Gasteiger partial charge in [-0.3, -0.25) is 18.7 Å². The van der Waals surface area contributed by atoms with Gasteiger partial charge in [0.1, 0.15) is 11.0 Å². The summed E-state index contributed by atoms with van der Waals surface area (Å²) in [5, 5.41) is 4.00. The van der Waals surface area contributed by atoms with E-state index in [1.54, 1.807) is 43.4 Å². The van der Waals surface area contributed by atoms with Crippen molar-refractivity contribution in [3.05, 3.63) is 96.9 Å². The molecular formula is C24H23ClN4O3. The van der Waals surface area contributed by atoms with E-state index in [2.05, 4.69) is 5.32 Å². The predicted molar refractivity (Wildman–Crippen MR) is 129 cm³/mol. The van der Waals surface area contributed by atoms with Crippen molar-refractivity contribution in [1.29, 1.82) is 0 Å². The molecule has 0 spiro atoms. The van der Waals surface area contributed by atoms with Gasteiger partial charge in [0.15, 0.2) is 0 Å². The number of para-hydroxylation sites is 1. The van der Waals surface area contributed by atoms with E-state index in [4.69, 9.17) is 11.6 Å². The van der Waals surface area contributed by atoms with Crippen LogP contribution >= 0.6 is 11.6 Å². The summed E-state index contributed by atoms with van der Waals surface area (Å²) < 4.78 is 4.01. The number of aryl methyl sites for hydroxylation is 1. The number of unbranched alkanes of at least 4 members (excludes halogenated alkanes) is 1. The Morgan fingerprint density at radius 3 is 2.31 bits per heavy atom. The van der Waals surface area contributed by atoms with Crippen molar-refractivity contribution >= 4 is 34.0 Å². The predicted octanol–water partition coefficient (Wildman–Crippen LogP) is 4.05. The van der Waals surface area contributed by atoms with Crippen molar-refractivity contribution in [2.24, 2.45) is 7.05 Å². The first-order valence-corrected chi connectivity index (χ1v) is 10.8. The summed E-state index contributed by atoms with van der Waals surface area (Å²) in [5.74, 6) is 0.